The average molecular weight is 302 g/mol. The first-order valence-electron chi connectivity index (χ1n) is 6.05. The second kappa shape index (κ2) is 5.22. The van der Waals surface area contributed by atoms with E-state index in [4.69, 9.17) is 5.73 Å². The van der Waals surface area contributed by atoms with E-state index in [2.05, 4.69) is 11.6 Å². The highest BCUT2D eigenvalue weighted by Crippen LogP contribution is 2.37. The molecule has 1 aliphatic rings. The highest BCUT2D eigenvalue weighted by molar-refractivity contribution is 8.01. The monoisotopic (exact) mass is 302 g/mol. The van der Waals surface area contributed by atoms with Gasteiger partial charge in [0.05, 0.1) is 10.6 Å². The van der Waals surface area contributed by atoms with Crippen molar-refractivity contribution in [1.29, 1.82) is 0 Å². The summed E-state index contributed by atoms with van der Waals surface area (Å²) in [5.74, 6) is 0.960. The van der Waals surface area contributed by atoms with Crippen LogP contribution in [0.1, 0.15) is 19.8 Å². The van der Waals surface area contributed by atoms with E-state index >= 15 is 0 Å². The molecule has 1 heterocycles. The molecule has 5 nitrogen and oxygen atoms in total. The Morgan fingerprint density at radius 2 is 2.26 bits per heavy atom. The van der Waals surface area contributed by atoms with Gasteiger partial charge in [0.15, 0.2) is 0 Å². The molecule has 1 unspecified atom stereocenters. The largest absolute Gasteiger partial charge is 0.506 e. The Balaban J connectivity index is 2.11. The molecule has 106 valence electrons. The van der Waals surface area contributed by atoms with Crippen molar-refractivity contribution >= 4 is 27.5 Å². The normalized spacial score (nSPS) is 23.6. The van der Waals surface area contributed by atoms with Crippen LogP contribution in [-0.4, -0.2) is 30.6 Å². The van der Waals surface area contributed by atoms with Crippen LogP contribution in [0.15, 0.2) is 23.1 Å². The van der Waals surface area contributed by atoms with Gasteiger partial charge in [0.1, 0.15) is 5.75 Å². The average Bonchev–Trinajstić information content (AvgIpc) is 2.78. The van der Waals surface area contributed by atoms with Crippen LogP contribution in [0, 0.1) is 0 Å². The summed E-state index contributed by atoms with van der Waals surface area (Å²) in [6, 6.07) is 3.90. The molecule has 0 radical (unpaired) electrons. The fraction of sp³-hybridized carbons (Fsp3) is 0.500. The van der Waals surface area contributed by atoms with Gasteiger partial charge >= 0.3 is 0 Å². The Morgan fingerprint density at radius 1 is 1.53 bits per heavy atom. The maximum Gasteiger partial charge on any atom is 0.240 e. The van der Waals surface area contributed by atoms with Crippen LogP contribution < -0.4 is 10.5 Å². The van der Waals surface area contributed by atoms with Crippen molar-refractivity contribution in [3.8, 4) is 5.75 Å². The Kier molecular flexibility index (Phi) is 3.98. The molecule has 0 saturated carbocycles. The van der Waals surface area contributed by atoms with E-state index < -0.39 is 10.0 Å². The summed E-state index contributed by atoms with van der Waals surface area (Å²) in [6.45, 7) is 2.47. The second-order valence-electron chi connectivity index (χ2n) is 4.95. The van der Waals surface area contributed by atoms with Crippen LogP contribution in [0.2, 0.25) is 0 Å². The van der Waals surface area contributed by atoms with Crippen LogP contribution in [-0.2, 0) is 10.0 Å². The first-order chi connectivity index (χ1) is 8.82. The van der Waals surface area contributed by atoms with Crippen LogP contribution in [0.4, 0.5) is 5.69 Å². The zero-order valence-electron chi connectivity index (χ0n) is 10.7. The smallest absolute Gasteiger partial charge is 0.240 e. The van der Waals surface area contributed by atoms with Crippen LogP contribution in [0.5, 0.6) is 5.75 Å². The summed E-state index contributed by atoms with van der Waals surface area (Å²) in [4.78, 5) is 0.0781. The molecule has 1 aliphatic heterocycles. The van der Waals surface area contributed by atoms with E-state index in [1.807, 2.05) is 0 Å². The summed E-state index contributed by atoms with van der Waals surface area (Å²) in [5.41, 5.74) is 5.57. The lowest BCUT2D eigenvalue weighted by Crippen LogP contribution is -2.36. The Bertz CT molecular complexity index is 566. The summed E-state index contributed by atoms with van der Waals surface area (Å²) >= 11 is 1.79. The third-order valence-corrected chi connectivity index (χ3v) is 6.18. The number of phenols is 1. The molecule has 1 aromatic carbocycles. The van der Waals surface area contributed by atoms with Gasteiger partial charge in [0.2, 0.25) is 10.0 Å². The van der Waals surface area contributed by atoms with Gasteiger partial charge in [0, 0.05) is 11.3 Å². The van der Waals surface area contributed by atoms with E-state index in [1.165, 1.54) is 18.2 Å². The molecule has 1 saturated heterocycles. The molecule has 0 amide bonds. The molecule has 1 fully saturated rings. The lowest BCUT2D eigenvalue weighted by Gasteiger charge is -2.22. The minimum Gasteiger partial charge on any atom is -0.506 e. The van der Waals surface area contributed by atoms with E-state index in [0.717, 1.165) is 18.6 Å². The molecule has 0 aliphatic carbocycles. The van der Waals surface area contributed by atoms with Crippen LogP contribution in [0.3, 0.4) is 0 Å². The van der Waals surface area contributed by atoms with Gasteiger partial charge in [0.25, 0.3) is 0 Å². The summed E-state index contributed by atoms with van der Waals surface area (Å²) in [7, 11) is -3.58. The minimum atomic E-state index is -3.58. The number of benzene rings is 1. The first-order valence-corrected chi connectivity index (χ1v) is 8.51. The molecule has 2 rings (SSSR count). The molecular weight excluding hydrogens is 284 g/mol. The molecule has 4 N–H and O–H groups in total. The number of thioether (sulfide) groups is 1. The third-order valence-electron chi connectivity index (χ3n) is 3.25. The number of hydrogen-bond donors (Lipinski definition) is 3. The van der Waals surface area contributed by atoms with Crippen molar-refractivity contribution in [2.45, 2.75) is 29.4 Å². The molecule has 0 aromatic heterocycles. The summed E-state index contributed by atoms with van der Waals surface area (Å²) < 4.78 is 26.9. The van der Waals surface area contributed by atoms with Crippen LogP contribution in [0.25, 0.3) is 0 Å². The van der Waals surface area contributed by atoms with Gasteiger partial charge in [-0.1, -0.05) is 0 Å². The summed E-state index contributed by atoms with van der Waals surface area (Å²) in [6.07, 6.45) is 2.13. The molecule has 0 bridgehead atoms. The fourth-order valence-electron chi connectivity index (χ4n) is 2.01. The van der Waals surface area contributed by atoms with Crippen molar-refractivity contribution in [3.63, 3.8) is 0 Å². The number of aromatic hydroxyl groups is 1. The number of rotatable bonds is 4. The van der Waals surface area contributed by atoms with Gasteiger partial charge in [-0.05, 0) is 43.7 Å². The van der Waals surface area contributed by atoms with Gasteiger partial charge in [-0.25, -0.2) is 13.1 Å². The molecular formula is C12H18N2O3S2. The summed E-state index contributed by atoms with van der Waals surface area (Å²) in [5, 5.41) is 9.31. The van der Waals surface area contributed by atoms with Gasteiger partial charge in [-0.2, -0.15) is 11.8 Å². The maximum atomic E-state index is 12.1. The molecule has 1 aromatic rings. The third kappa shape index (κ3) is 3.34. The standard InChI is InChI=1S/C12H18N2O3S2/c1-12(5-2-6-18-12)8-14-19(16,17)9-3-4-11(15)10(13)7-9/h3-4,7,14-15H,2,5-6,8,13H2,1H3. The molecule has 1 atom stereocenters. The SMILES string of the molecule is CC1(CNS(=O)(=O)c2ccc(O)c(N)c2)CCCS1. The van der Waals surface area contributed by atoms with Crippen molar-refractivity contribution in [1.82, 2.24) is 4.72 Å². The number of anilines is 1. The van der Waals surface area contributed by atoms with Crippen molar-refractivity contribution in [2.24, 2.45) is 0 Å². The quantitative estimate of drug-likeness (QED) is 0.579. The molecule has 7 heteroatoms. The number of phenolic OH excluding ortho intramolecular Hbond substituents is 1. The Hall–Kier alpha value is -0.920. The topological polar surface area (TPSA) is 92.4 Å². The Labute approximate surface area is 117 Å². The highest BCUT2D eigenvalue weighted by Gasteiger charge is 2.31. The molecule has 0 spiro atoms. The second-order valence-corrected chi connectivity index (χ2v) is 8.40. The zero-order valence-corrected chi connectivity index (χ0v) is 12.4. The predicted molar refractivity (Wildman–Crippen MR) is 77.8 cm³/mol. The van der Waals surface area contributed by atoms with E-state index in [1.54, 1.807) is 11.8 Å². The number of hydrogen-bond acceptors (Lipinski definition) is 5. The fourth-order valence-corrected chi connectivity index (χ4v) is 4.55. The first kappa shape index (κ1) is 14.5. The highest BCUT2D eigenvalue weighted by atomic mass is 32.2. The zero-order chi connectivity index (χ0) is 14.1. The van der Waals surface area contributed by atoms with E-state index in [0.29, 0.717) is 6.54 Å². The van der Waals surface area contributed by atoms with E-state index in [9.17, 15) is 13.5 Å². The van der Waals surface area contributed by atoms with Gasteiger partial charge in [-0.3, -0.25) is 0 Å². The van der Waals surface area contributed by atoms with Gasteiger partial charge < -0.3 is 10.8 Å². The lowest BCUT2D eigenvalue weighted by molar-refractivity contribution is 0.477. The van der Waals surface area contributed by atoms with Crippen LogP contribution >= 0.6 is 11.8 Å². The van der Waals surface area contributed by atoms with Crippen molar-refractivity contribution in [3.05, 3.63) is 18.2 Å². The number of nitrogens with one attached hydrogen (secondary N) is 1. The number of nitrogen functional groups attached to an aromatic ring is 1. The van der Waals surface area contributed by atoms with Crippen molar-refractivity contribution < 1.29 is 13.5 Å². The molecule has 19 heavy (non-hydrogen) atoms. The Morgan fingerprint density at radius 3 is 2.84 bits per heavy atom. The minimum absolute atomic E-state index is 0.0322. The lowest BCUT2D eigenvalue weighted by atomic mass is 10.1. The van der Waals surface area contributed by atoms with Gasteiger partial charge in [-0.15, -0.1) is 0 Å². The van der Waals surface area contributed by atoms with Crippen molar-refractivity contribution in [2.75, 3.05) is 18.0 Å². The maximum absolute atomic E-state index is 12.1. The predicted octanol–water partition coefficient (Wildman–Crippen LogP) is 1.54. The number of sulfonamides is 1. The number of nitrogens with two attached hydrogens (primary N) is 1. The van der Waals surface area contributed by atoms with E-state index in [-0.39, 0.29) is 21.1 Å².